The maximum atomic E-state index is 2.28. The molecule has 1 aliphatic rings. The standard InChI is InChI=1S/C13H14/c1-13(10-6-3-7-11-13)12-8-4-2-5-9-12/h2,4-11H,3H2,1H3. The molecule has 66 valence electrons. The van der Waals surface area contributed by atoms with Gasteiger partial charge in [-0.3, -0.25) is 0 Å². The number of hydrogen-bond donors (Lipinski definition) is 0. The first-order valence-corrected chi connectivity index (χ1v) is 4.72. The fraction of sp³-hybridized carbons (Fsp3) is 0.231. The largest absolute Gasteiger partial charge is 0.0836 e. The SMILES string of the molecule is CC1(c2ccccc2)C=CCC=C1. The Morgan fingerprint density at radius 1 is 1.00 bits per heavy atom. The Bertz CT molecular complexity index is 318. The maximum Gasteiger partial charge on any atom is 0.0284 e. The van der Waals surface area contributed by atoms with Crippen LogP contribution < -0.4 is 0 Å². The van der Waals surface area contributed by atoms with Crippen LogP contribution in [0.2, 0.25) is 0 Å². The molecule has 0 N–H and O–H groups in total. The summed E-state index contributed by atoms with van der Waals surface area (Å²) in [5, 5.41) is 0. The fourth-order valence-electron chi connectivity index (χ4n) is 1.75. The van der Waals surface area contributed by atoms with Crippen LogP contribution in [0.3, 0.4) is 0 Å². The van der Waals surface area contributed by atoms with Gasteiger partial charge in [0.05, 0.1) is 0 Å². The van der Waals surface area contributed by atoms with Gasteiger partial charge >= 0.3 is 0 Å². The van der Waals surface area contributed by atoms with Crippen LogP contribution in [0.1, 0.15) is 18.9 Å². The predicted octanol–water partition coefficient (Wildman–Crippen LogP) is 3.46. The summed E-state index contributed by atoms with van der Waals surface area (Å²) < 4.78 is 0. The third kappa shape index (κ3) is 1.57. The molecular weight excluding hydrogens is 156 g/mol. The zero-order valence-electron chi connectivity index (χ0n) is 7.90. The van der Waals surface area contributed by atoms with E-state index in [2.05, 4.69) is 61.6 Å². The molecule has 1 aliphatic carbocycles. The summed E-state index contributed by atoms with van der Waals surface area (Å²) in [6.45, 7) is 2.24. The van der Waals surface area contributed by atoms with Crippen LogP contribution in [-0.2, 0) is 5.41 Å². The highest BCUT2D eigenvalue weighted by Crippen LogP contribution is 2.29. The second-order valence-electron chi connectivity index (χ2n) is 3.69. The minimum atomic E-state index is 0.111. The summed E-state index contributed by atoms with van der Waals surface area (Å²) in [5.74, 6) is 0. The Morgan fingerprint density at radius 2 is 1.62 bits per heavy atom. The van der Waals surface area contributed by atoms with Crippen molar-refractivity contribution in [2.24, 2.45) is 0 Å². The van der Waals surface area contributed by atoms with Crippen molar-refractivity contribution in [3.63, 3.8) is 0 Å². The van der Waals surface area contributed by atoms with E-state index in [1.165, 1.54) is 5.56 Å². The van der Waals surface area contributed by atoms with Crippen molar-refractivity contribution >= 4 is 0 Å². The molecule has 0 radical (unpaired) electrons. The van der Waals surface area contributed by atoms with Crippen molar-refractivity contribution in [3.05, 3.63) is 60.2 Å². The molecule has 1 aromatic carbocycles. The van der Waals surface area contributed by atoms with Gasteiger partial charge in [-0.05, 0) is 18.9 Å². The van der Waals surface area contributed by atoms with Crippen molar-refractivity contribution < 1.29 is 0 Å². The van der Waals surface area contributed by atoms with E-state index >= 15 is 0 Å². The van der Waals surface area contributed by atoms with E-state index < -0.39 is 0 Å². The van der Waals surface area contributed by atoms with E-state index in [-0.39, 0.29) is 5.41 Å². The average molecular weight is 170 g/mol. The molecule has 0 unspecified atom stereocenters. The van der Waals surface area contributed by atoms with Gasteiger partial charge in [-0.2, -0.15) is 0 Å². The molecule has 0 spiro atoms. The Hall–Kier alpha value is -1.30. The summed E-state index contributed by atoms with van der Waals surface area (Å²) in [7, 11) is 0. The van der Waals surface area contributed by atoms with Gasteiger partial charge in [0.15, 0.2) is 0 Å². The smallest absolute Gasteiger partial charge is 0.0284 e. The minimum Gasteiger partial charge on any atom is -0.0836 e. The Kier molecular flexibility index (Phi) is 2.05. The summed E-state index contributed by atoms with van der Waals surface area (Å²) in [6, 6.07) is 10.6. The molecule has 0 heterocycles. The second-order valence-corrected chi connectivity index (χ2v) is 3.69. The molecule has 1 aromatic rings. The molecule has 0 amide bonds. The molecule has 2 rings (SSSR count). The number of benzene rings is 1. The highest BCUT2D eigenvalue weighted by molar-refractivity contribution is 5.37. The van der Waals surface area contributed by atoms with Gasteiger partial charge in [0.25, 0.3) is 0 Å². The molecule has 0 fully saturated rings. The van der Waals surface area contributed by atoms with Crippen molar-refractivity contribution in [1.29, 1.82) is 0 Å². The van der Waals surface area contributed by atoms with Crippen LogP contribution in [-0.4, -0.2) is 0 Å². The van der Waals surface area contributed by atoms with E-state index in [9.17, 15) is 0 Å². The topological polar surface area (TPSA) is 0 Å². The van der Waals surface area contributed by atoms with Crippen LogP contribution >= 0.6 is 0 Å². The fourth-order valence-corrected chi connectivity index (χ4v) is 1.75. The van der Waals surface area contributed by atoms with Gasteiger partial charge < -0.3 is 0 Å². The molecule has 0 heteroatoms. The van der Waals surface area contributed by atoms with E-state index in [1.807, 2.05) is 0 Å². The molecule has 0 bridgehead atoms. The Labute approximate surface area is 79.6 Å². The van der Waals surface area contributed by atoms with Gasteiger partial charge in [-0.25, -0.2) is 0 Å². The summed E-state index contributed by atoms with van der Waals surface area (Å²) in [4.78, 5) is 0. The first-order chi connectivity index (χ1) is 6.31. The maximum absolute atomic E-state index is 2.28. The first kappa shape index (κ1) is 8.31. The third-order valence-electron chi connectivity index (χ3n) is 2.60. The summed E-state index contributed by atoms with van der Waals surface area (Å²) in [6.07, 6.45) is 10.1. The monoisotopic (exact) mass is 170 g/mol. The third-order valence-corrected chi connectivity index (χ3v) is 2.60. The zero-order chi connectivity index (χ0) is 9.15. The van der Waals surface area contributed by atoms with E-state index in [4.69, 9.17) is 0 Å². The number of allylic oxidation sites excluding steroid dienone is 4. The normalized spacial score (nSPS) is 18.8. The van der Waals surface area contributed by atoms with Gasteiger partial charge in [0.1, 0.15) is 0 Å². The molecule has 13 heavy (non-hydrogen) atoms. The highest BCUT2D eigenvalue weighted by Gasteiger charge is 2.20. The van der Waals surface area contributed by atoms with Crippen LogP contribution in [0.4, 0.5) is 0 Å². The lowest BCUT2D eigenvalue weighted by molar-refractivity contribution is 0.742. The lowest BCUT2D eigenvalue weighted by atomic mass is 9.80. The summed E-state index contributed by atoms with van der Waals surface area (Å²) >= 11 is 0. The molecule has 0 aromatic heterocycles. The molecule has 0 saturated carbocycles. The van der Waals surface area contributed by atoms with E-state index in [0.29, 0.717) is 0 Å². The van der Waals surface area contributed by atoms with Crippen molar-refractivity contribution in [3.8, 4) is 0 Å². The van der Waals surface area contributed by atoms with Crippen LogP contribution in [0.5, 0.6) is 0 Å². The van der Waals surface area contributed by atoms with Gasteiger partial charge in [0, 0.05) is 5.41 Å². The van der Waals surface area contributed by atoms with Gasteiger partial charge in [0.2, 0.25) is 0 Å². The molecule has 0 saturated heterocycles. The lowest BCUT2D eigenvalue weighted by Crippen LogP contribution is -2.16. The van der Waals surface area contributed by atoms with Crippen molar-refractivity contribution in [2.75, 3.05) is 0 Å². The van der Waals surface area contributed by atoms with Crippen LogP contribution in [0.25, 0.3) is 0 Å². The lowest BCUT2D eigenvalue weighted by Gasteiger charge is -2.24. The van der Waals surface area contributed by atoms with Gasteiger partial charge in [-0.1, -0.05) is 54.6 Å². The Morgan fingerprint density at radius 3 is 2.23 bits per heavy atom. The molecule has 0 nitrogen and oxygen atoms in total. The molecule has 0 atom stereocenters. The summed E-state index contributed by atoms with van der Waals surface area (Å²) in [5.41, 5.74) is 1.47. The first-order valence-electron chi connectivity index (χ1n) is 4.72. The van der Waals surface area contributed by atoms with E-state index in [0.717, 1.165) is 6.42 Å². The van der Waals surface area contributed by atoms with Crippen molar-refractivity contribution in [1.82, 2.24) is 0 Å². The molecular formula is C13H14. The predicted molar refractivity (Wildman–Crippen MR) is 56.7 cm³/mol. The molecule has 0 aliphatic heterocycles. The van der Waals surface area contributed by atoms with Gasteiger partial charge in [-0.15, -0.1) is 0 Å². The van der Waals surface area contributed by atoms with Crippen LogP contribution in [0.15, 0.2) is 54.6 Å². The second kappa shape index (κ2) is 3.21. The highest BCUT2D eigenvalue weighted by atomic mass is 14.2. The van der Waals surface area contributed by atoms with Crippen molar-refractivity contribution in [2.45, 2.75) is 18.8 Å². The quantitative estimate of drug-likeness (QED) is 0.566. The number of rotatable bonds is 1. The van der Waals surface area contributed by atoms with E-state index in [1.54, 1.807) is 0 Å². The Balaban J connectivity index is 2.39. The number of hydrogen-bond acceptors (Lipinski definition) is 0. The van der Waals surface area contributed by atoms with Crippen LogP contribution in [0, 0.1) is 0 Å². The minimum absolute atomic E-state index is 0.111. The zero-order valence-corrected chi connectivity index (χ0v) is 7.90. The average Bonchev–Trinajstić information content (AvgIpc) is 2.20.